The molecule has 1 amide bonds. The normalized spacial score (nSPS) is 10.2. The second kappa shape index (κ2) is 8.67. The molecule has 0 aliphatic heterocycles. The fourth-order valence-corrected chi connectivity index (χ4v) is 2.62. The van der Waals surface area contributed by atoms with E-state index in [0.717, 1.165) is 11.4 Å². The van der Waals surface area contributed by atoms with Crippen LogP contribution in [0.25, 0.3) is 0 Å². The highest BCUT2D eigenvalue weighted by atomic mass is 16.5. The summed E-state index contributed by atoms with van der Waals surface area (Å²) in [5.41, 5.74) is 1.76. The summed E-state index contributed by atoms with van der Waals surface area (Å²) in [6.45, 7) is 0. The minimum absolute atomic E-state index is 0.267. The molecule has 1 aromatic heterocycles. The number of amides is 1. The summed E-state index contributed by atoms with van der Waals surface area (Å²) < 4.78 is 5.75. The van der Waals surface area contributed by atoms with Gasteiger partial charge in [-0.1, -0.05) is 36.4 Å². The number of carbonyl (C=O) groups is 1. The van der Waals surface area contributed by atoms with Gasteiger partial charge in [-0.05, 0) is 54.6 Å². The van der Waals surface area contributed by atoms with Gasteiger partial charge >= 0.3 is 0 Å². The molecule has 4 aromatic rings. The molecule has 0 unspecified atom stereocenters. The Labute approximate surface area is 168 Å². The van der Waals surface area contributed by atoms with Crippen LogP contribution >= 0.6 is 0 Å². The van der Waals surface area contributed by atoms with E-state index in [1.807, 2.05) is 60.7 Å². The minimum Gasteiger partial charge on any atom is -0.457 e. The summed E-state index contributed by atoms with van der Waals surface area (Å²) in [6, 6.07) is 27.8. The summed E-state index contributed by atoms with van der Waals surface area (Å²) in [4.78, 5) is 21.0. The van der Waals surface area contributed by atoms with Gasteiger partial charge in [-0.2, -0.15) is 0 Å². The maximum absolute atomic E-state index is 12.5. The molecule has 6 heteroatoms. The van der Waals surface area contributed by atoms with Crippen LogP contribution in [0, 0.1) is 0 Å². The van der Waals surface area contributed by atoms with E-state index in [4.69, 9.17) is 4.74 Å². The van der Waals surface area contributed by atoms with Gasteiger partial charge in [0.1, 0.15) is 17.2 Å². The van der Waals surface area contributed by atoms with Crippen LogP contribution < -0.4 is 15.4 Å². The number of aromatic nitrogens is 2. The van der Waals surface area contributed by atoms with Crippen molar-refractivity contribution in [1.29, 1.82) is 0 Å². The number of para-hydroxylation sites is 2. The average molecular weight is 382 g/mol. The quantitative estimate of drug-likeness (QED) is 0.475. The minimum atomic E-state index is -0.319. The third kappa shape index (κ3) is 4.95. The van der Waals surface area contributed by atoms with E-state index in [2.05, 4.69) is 20.6 Å². The first-order chi connectivity index (χ1) is 14.3. The Morgan fingerprint density at radius 3 is 2.10 bits per heavy atom. The van der Waals surface area contributed by atoms with Crippen LogP contribution in [-0.4, -0.2) is 15.9 Å². The number of hydrogen-bond donors (Lipinski definition) is 2. The molecule has 0 bridgehead atoms. The zero-order valence-corrected chi connectivity index (χ0v) is 15.4. The molecule has 3 aromatic carbocycles. The molecule has 4 rings (SSSR count). The first-order valence-electron chi connectivity index (χ1n) is 9.06. The highest BCUT2D eigenvalue weighted by molar-refractivity contribution is 6.03. The predicted molar refractivity (Wildman–Crippen MR) is 113 cm³/mol. The monoisotopic (exact) mass is 382 g/mol. The van der Waals surface area contributed by atoms with E-state index in [-0.39, 0.29) is 11.6 Å². The van der Waals surface area contributed by atoms with Gasteiger partial charge in [0.05, 0.1) is 0 Å². The molecule has 0 radical (unpaired) electrons. The van der Waals surface area contributed by atoms with Crippen molar-refractivity contribution in [1.82, 2.24) is 9.97 Å². The van der Waals surface area contributed by atoms with Crippen molar-refractivity contribution in [3.05, 3.63) is 103 Å². The van der Waals surface area contributed by atoms with E-state index < -0.39 is 0 Å². The summed E-state index contributed by atoms with van der Waals surface area (Å²) in [7, 11) is 0. The molecule has 2 N–H and O–H groups in total. The number of nitrogens with one attached hydrogen (secondary N) is 2. The molecule has 0 aliphatic carbocycles. The molecule has 0 fully saturated rings. The lowest BCUT2D eigenvalue weighted by Crippen LogP contribution is -2.14. The number of rotatable bonds is 6. The van der Waals surface area contributed by atoms with E-state index >= 15 is 0 Å². The van der Waals surface area contributed by atoms with Crippen molar-refractivity contribution in [2.24, 2.45) is 0 Å². The zero-order valence-electron chi connectivity index (χ0n) is 15.4. The number of ether oxygens (including phenoxy) is 1. The number of carbonyl (C=O) groups excluding carboxylic acids is 1. The second-order valence-corrected chi connectivity index (χ2v) is 6.15. The number of hydrogen-bond acceptors (Lipinski definition) is 5. The smallest absolute Gasteiger partial charge is 0.274 e. The molecule has 0 saturated heterocycles. The predicted octanol–water partition coefficient (Wildman–Crippen LogP) is 5.26. The van der Waals surface area contributed by atoms with Gasteiger partial charge in [0.15, 0.2) is 0 Å². The van der Waals surface area contributed by atoms with Crippen LogP contribution in [-0.2, 0) is 0 Å². The fourth-order valence-electron chi connectivity index (χ4n) is 2.62. The molecule has 0 saturated carbocycles. The van der Waals surface area contributed by atoms with Crippen LogP contribution in [0.1, 0.15) is 10.5 Å². The lowest BCUT2D eigenvalue weighted by Gasteiger charge is -2.09. The lowest BCUT2D eigenvalue weighted by atomic mass is 10.3. The van der Waals surface area contributed by atoms with E-state index in [1.54, 1.807) is 36.5 Å². The Hall–Kier alpha value is -4.19. The summed E-state index contributed by atoms with van der Waals surface area (Å²) in [5.74, 6) is 1.48. The second-order valence-electron chi connectivity index (χ2n) is 6.15. The highest BCUT2D eigenvalue weighted by Gasteiger charge is 2.10. The molecule has 1 heterocycles. The Kier molecular flexibility index (Phi) is 5.43. The van der Waals surface area contributed by atoms with Gasteiger partial charge in [-0.3, -0.25) is 4.79 Å². The largest absolute Gasteiger partial charge is 0.457 e. The molecule has 0 aliphatic rings. The number of benzene rings is 3. The number of nitrogens with zero attached hydrogens (tertiary/aromatic N) is 2. The number of anilines is 3. The van der Waals surface area contributed by atoms with Gasteiger partial charge in [0.25, 0.3) is 5.91 Å². The molecule has 0 spiro atoms. The first kappa shape index (κ1) is 18.2. The Morgan fingerprint density at radius 1 is 0.724 bits per heavy atom. The van der Waals surface area contributed by atoms with Crippen LogP contribution in [0.15, 0.2) is 97.2 Å². The van der Waals surface area contributed by atoms with Crippen LogP contribution in [0.3, 0.4) is 0 Å². The van der Waals surface area contributed by atoms with Crippen LogP contribution in [0.2, 0.25) is 0 Å². The summed E-state index contributed by atoms with van der Waals surface area (Å²) >= 11 is 0. The Bertz CT molecular complexity index is 1080. The van der Waals surface area contributed by atoms with Crippen LogP contribution in [0.5, 0.6) is 11.5 Å². The van der Waals surface area contributed by atoms with Crippen molar-refractivity contribution >= 4 is 23.2 Å². The zero-order chi connectivity index (χ0) is 19.9. The SMILES string of the molecule is O=C(Nc1ccc(Oc2ccccc2)cc1)c1ccnc(Nc2ccccc2)n1. The molecule has 0 atom stereocenters. The summed E-state index contributed by atoms with van der Waals surface area (Å²) in [5, 5.41) is 5.90. The van der Waals surface area contributed by atoms with Gasteiger partial charge in [0.2, 0.25) is 5.95 Å². The maximum atomic E-state index is 12.5. The van der Waals surface area contributed by atoms with Gasteiger partial charge < -0.3 is 15.4 Å². The summed E-state index contributed by atoms with van der Waals surface area (Å²) in [6.07, 6.45) is 1.55. The average Bonchev–Trinajstić information content (AvgIpc) is 2.77. The maximum Gasteiger partial charge on any atom is 0.274 e. The van der Waals surface area contributed by atoms with Gasteiger partial charge in [-0.15, -0.1) is 0 Å². The molecule has 142 valence electrons. The molecular formula is C23H18N4O2. The third-order valence-electron chi connectivity index (χ3n) is 4.01. The van der Waals surface area contributed by atoms with Crippen molar-refractivity contribution in [2.75, 3.05) is 10.6 Å². The first-order valence-corrected chi connectivity index (χ1v) is 9.06. The fraction of sp³-hybridized carbons (Fsp3) is 0. The third-order valence-corrected chi connectivity index (χ3v) is 4.01. The molecule has 6 nitrogen and oxygen atoms in total. The van der Waals surface area contributed by atoms with Crippen molar-refractivity contribution in [3.63, 3.8) is 0 Å². The van der Waals surface area contributed by atoms with E-state index in [0.29, 0.717) is 17.4 Å². The standard InChI is InChI=1S/C23H18N4O2/c28-22(21-15-16-24-23(27-21)26-17-7-3-1-4-8-17)25-18-11-13-20(14-12-18)29-19-9-5-2-6-10-19/h1-16H,(H,25,28)(H,24,26,27). The van der Waals surface area contributed by atoms with E-state index in [1.165, 1.54) is 0 Å². The lowest BCUT2D eigenvalue weighted by molar-refractivity contribution is 0.102. The van der Waals surface area contributed by atoms with Gasteiger partial charge in [0, 0.05) is 17.6 Å². The van der Waals surface area contributed by atoms with Crippen molar-refractivity contribution in [2.45, 2.75) is 0 Å². The van der Waals surface area contributed by atoms with Crippen molar-refractivity contribution in [3.8, 4) is 11.5 Å². The van der Waals surface area contributed by atoms with Crippen molar-refractivity contribution < 1.29 is 9.53 Å². The Morgan fingerprint density at radius 2 is 1.38 bits per heavy atom. The highest BCUT2D eigenvalue weighted by Crippen LogP contribution is 2.23. The topological polar surface area (TPSA) is 76.1 Å². The molecule has 29 heavy (non-hydrogen) atoms. The Balaban J connectivity index is 1.40. The molecular weight excluding hydrogens is 364 g/mol. The van der Waals surface area contributed by atoms with E-state index in [9.17, 15) is 4.79 Å². The van der Waals surface area contributed by atoms with Crippen LogP contribution in [0.4, 0.5) is 17.3 Å². The van der Waals surface area contributed by atoms with Gasteiger partial charge in [-0.25, -0.2) is 9.97 Å².